The van der Waals surface area contributed by atoms with Crippen molar-refractivity contribution in [3.05, 3.63) is 28.8 Å². The number of hydrogen-bond donors (Lipinski definition) is 2. The van der Waals surface area contributed by atoms with E-state index in [1.807, 2.05) is 0 Å². The van der Waals surface area contributed by atoms with E-state index in [0.717, 1.165) is 10.4 Å². The third-order valence-corrected chi connectivity index (χ3v) is 5.17. The molecular formula is C11H14ClNO5S. The van der Waals surface area contributed by atoms with Crippen LogP contribution in [-0.4, -0.2) is 48.6 Å². The molecule has 106 valence electrons. The van der Waals surface area contributed by atoms with Crippen LogP contribution in [-0.2, 0) is 10.0 Å². The monoisotopic (exact) mass is 307 g/mol. The van der Waals surface area contributed by atoms with Crippen LogP contribution in [0.2, 0.25) is 5.02 Å². The molecule has 0 aromatic heterocycles. The lowest BCUT2D eigenvalue weighted by Gasteiger charge is -2.23. The molecule has 1 aromatic carbocycles. The lowest BCUT2D eigenvalue weighted by atomic mass is 10.2. The van der Waals surface area contributed by atoms with E-state index < -0.39 is 22.0 Å². The predicted molar refractivity (Wildman–Crippen MR) is 69.9 cm³/mol. The standard InChI is InChI=1S/C11H14ClNO5S/c1-7(6-14)13(2)19(17,18)10-5-8(11(15)16)3-4-9(10)12/h3-5,7,14H,6H2,1-2H3,(H,15,16). The first-order chi connectivity index (χ1) is 8.71. The van der Waals surface area contributed by atoms with Crippen molar-refractivity contribution in [3.8, 4) is 0 Å². The second-order valence-corrected chi connectivity index (χ2v) is 6.38. The largest absolute Gasteiger partial charge is 0.478 e. The van der Waals surface area contributed by atoms with Crippen LogP contribution in [0.1, 0.15) is 17.3 Å². The Morgan fingerprint density at radius 2 is 2.05 bits per heavy atom. The first-order valence-electron chi connectivity index (χ1n) is 5.33. The summed E-state index contributed by atoms with van der Waals surface area (Å²) >= 11 is 5.82. The lowest BCUT2D eigenvalue weighted by molar-refractivity contribution is 0.0696. The van der Waals surface area contributed by atoms with Gasteiger partial charge in [-0.05, 0) is 25.1 Å². The third-order valence-electron chi connectivity index (χ3n) is 2.72. The minimum atomic E-state index is -3.96. The van der Waals surface area contributed by atoms with E-state index in [-0.39, 0.29) is 22.1 Å². The number of carboxylic acids is 1. The zero-order chi connectivity index (χ0) is 14.8. The van der Waals surface area contributed by atoms with Gasteiger partial charge in [0.15, 0.2) is 0 Å². The Labute approximate surface area is 116 Å². The number of hydrogen-bond acceptors (Lipinski definition) is 4. The molecule has 0 spiro atoms. The Balaban J connectivity index is 3.36. The van der Waals surface area contributed by atoms with Gasteiger partial charge in [-0.3, -0.25) is 0 Å². The van der Waals surface area contributed by atoms with Gasteiger partial charge in [-0.2, -0.15) is 4.31 Å². The molecule has 1 unspecified atom stereocenters. The molecule has 0 heterocycles. The maximum atomic E-state index is 12.3. The highest BCUT2D eigenvalue weighted by Gasteiger charge is 2.28. The van der Waals surface area contributed by atoms with Crippen molar-refractivity contribution in [2.45, 2.75) is 17.9 Å². The average molecular weight is 308 g/mol. The van der Waals surface area contributed by atoms with Gasteiger partial charge in [0.1, 0.15) is 4.90 Å². The molecule has 2 N–H and O–H groups in total. The number of likely N-dealkylation sites (N-methyl/N-ethyl adjacent to an activating group) is 1. The van der Waals surface area contributed by atoms with E-state index in [9.17, 15) is 13.2 Å². The molecule has 0 saturated heterocycles. The predicted octanol–water partition coefficient (Wildman–Crippen LogP) is 1.04. The Hall–Kier alpha value is -1.15. The number of halogens is 1. The zero-order valence-corrected chi connectivity index (χ0v) is 11.9. The van der Waals surface area contributed by atoms with Crippen LogP contribution < -0.4 is 0 Å². The van der Waals surface area contributed by atoms with Crippen LogP contribution in [0.15, 0.2) is 23.1 Å². The van der Waals surface area contributed by atoms with Gasteiger partial charge in [-0.15, -0.1) is 0 Å². The summed E-state index contributed by atoms with van der Waals surface area (Å²) in [4.78, 5) is 10.6. The second kappa shape index (κ2) is 5.87. The van der Waals surface area contributed by atoms with Gasteiger partial charge in [0.05, 0.1) is 17.2 Å². The van der Waals surface area contributed by atoms with Gasteiger partial charge >= 0.3 is 5.97 Å². The highest BCUT2D eigenvalue weighted by atomic mass is 35.5. The fraction of sp³-hybridized carbons (Fsp3) is 0.364. The fourth-order valence-corrected chi connectivity index (χ4v) is 3.19. The van der Waals surface area contributed by atoms with Gasteiger partial charge in [0, 0.05) is 13.1 Å². The van der Waals surface area contributed by atoms with E-state index in [0.29, 0.717) is 0 Å². The number of carboxylic acid groups (broad SMARTS) is 1. The maximum Gasteiger partial charge on any atom is 0.335 e. The van der Waals surface area contributed by atoms with Crippen LogP contribution in [0.4, 0.5) is 0 Å². The van der Waals surface area contributed by atoms with Gasteiger partial charge in [0.25, 0.3) is 0 Å². The van der Waals surface area contributed by atoms with Crippen LogP contribution in [0.3, 0.4) is 0 Å². The highest BCUT2D eigenvalue weighted by Crippen LogP contribution is 2.26. The molecule has 6 nitrogen and oxygen atoms in total. The van der Waals surface area contributed by atoms with Gasteiger partial charge in [-0.25, -0.2) is 13.2 Å². The van der Waals surface area contributed by atoms with E-state index in [1.165, 1.54) is 26.1 Å². The summed E-state index contributed by atoms with van der Waals surface area (Å²) in [6.45, 7) is 1.17. The summed E-state index contributed by atoms with van der Waals surface area (Å²) in [5.74, 6) is -1.24. The minimum absolute atomic E-state index is 0.0676. The summed E-state index contributed by atoms with van der Waals surface area (Å²) in [5, 5.41) is 17.8. The molecule has 1 atom stereocenters. The summed E-state index contributed by atoms with van der Waals surface area (Å²) in [6, 6.07) is 2.80. The molecule has 0 amide bonds. The minimum Gasteiger partial charge on any atom is -0.478 e. The van der Waals surface area contributed by atoms with Crippen LogP contribution in [0.25, 0.3) is 0 Å². The van der Waals surface area contributed by atoms with Gasteiger partial charge in [-0.1, -0.05) is 11.6 Å². The molecule has 1 aromatic rings. The molecule has 19 heavy (non-hydrogen) atoms. The van der Waals surface area contributed by atoms with Crippen molar-refractivity contribution in [1.82, 2.24) is 4.31 Å². The first kappa shape index (κ1) is 15.9. The molecule has 0 fully saturated rings. The van der Waals surface area contributed by atoms with Crippen molar-refractivity contribution in [2.75, 3.05) is 13.7 Å². The van der Waals surface area contributed by atoms with Crippen molar-refractivity contribution >= 4 is 27.6 Å². The average Bonchev–Trinajstić information content (AvgIpc) is 2.36. The third kappa shape index (κ3) is 3.24. The zero-order valence-electron chi connectivity index (χ0n) is 10.4. The summed E-state index contributed by atoms with van der Waals surface area (Å²) in [5.41, 5.74) is -0.173. The fourth-order valence-electron chi connectivity index (χ4n) is 1.34. The molecule has 0 saturated carbocycles. The number of rotatable bonds is 5. The maximum absolute atomic E-state index is 12.3. The van der Waals surface area contributed by atoms with E-state index >= 15 is 0 Å². The molecule has 1 rings (SSSR count). The van der Waals surface area contributed by atoms with E-state index in [1.54, 1.807) is 0 Å². The number of nitrogens with zero attached hydrogens (tertiary/aromatic N) is 1. The summed E-state index contributed by atoms with van der Waals surface area (Å²) in [6.07, 6.45) is 0. The molecule has 0 aliphatic rings. The molecule has 0 aliphatic heterocycles. The van der Waals surface area contributed by atoms with E-state index in [4.69, 9.17) is 21.8 Å². The first-order valence-corrected chi connectivity index (χ1v) is 7.15. The number of benzene rings is 1. The molecular weight excluding hydrogens is 294 g/mol. The van der Waals surface area contributed by atoms with Crippen molar-refractivity contribution in [1.29, 1.82) is 0 Å². The van der Waals surface area contributed by atoms with Crippen LogP contribution in [0, 0.1) is 0 Å². The number of aliphatic hydroxyl groups is 1. The smallest absolute Gasteiger partial charge is 0.335 e. The summed E-state index contributed by atoms with van der Waals surface area (Å²) < 4.78 is 25.5. The summed E-state index contributed by atoms with van der Waals surface area (Å²) in [7, 11) is -2.67. The Morgan fingerprint density at radius 1 is 1.47 bits per heavy atom. The number of carbonyl (C=O) groups is 1. The van der Waals surface area contributed by atoms with Crippen LogP contribution in [0.5, 0.6) is 0 Å². The van der Waals surface area contributed by atoms with Gasteiger partial charge < -0.3 is 10.2 Å². The Morgan fingerprint density at radius 3 is 2.53 bits per heavy atom. The van der Waals surface area contributed by atoms with Crippen molar-refractivity contribution in [2.24, 2.45) is 0 Å². The topological polar surface area (TPSA) is 94.9 Å². The van der Waals surface area contributed by atoms with Crippen LogP contribution >= 0.6 is 11.6 Å². The molecule has 0 aliphatic carbocycles. The van der Waals surface area contributed by atoms with E-state index in [2.05, 4.69) is 0 Å². The number of sulfonamides is 1. The number of aliphatic hydroxyl groups excluding tert-OH is 1. The van der Waals surface area contributed by atoms with Crippen molar-refractivity contribution < 1.29 is 23.4 Å². The molecule has 0 radical (unpaired) electrons. The Bertz CT molecular complexity index is 587. The highest BCUT2D eigenvalue weighted by molar-refractivity contribution is 7.89. The quantitative estimate of drug-likeness (QED) is 0.847. The Kier molecular flexibility index (Phi) is 4.92. The second-order valence-electron chi connectivity index (χ2n) is 4.00. The molecule has 8 heteroatoms. The number of aromatic carboxylic acids is 1. The lowest BCUT2D eigenvalue weighted by Crippen LogP contribution is -2.37. The SMILES string of the molecule is CC(CO)N(C)S(=O)(=O)c1cc(C(=O)O)ccc1Cl. The van der Waals surface area contributed by atoms with Gasteiger partial charge in [0.2, 0.25) is 10.0 Å². The van der Waals surface area contributed by atoms with Crippen molar-refractivity contribution in [3.63, 3.8) is 0 Å². The molecule has 0 bridgehead atoms. The normalized spacial score (nSPS) is 13.5.